The Morgan fingerprint density at radius 3 is 2.64 bits per heavy atom. The minimum atomic E-state index is -2.01. The molecule has 15 heteroatoms. The Morgan fingerprint density at radius 1 is 1.09 bits per heavy atom. The number of nitrogens with zero attached hydrogens (tertiary/aromatic N) is 5. The summed E-state index contributed by atoms with van der Waals surface area (Å²) in [5.74, 6) is -5.40. The molecule has 2 unspecified atom stereocenters. The van der Waals surface area contributed by atoms with Gasteiger partial charge in [-0.1, -0.05) is 22.9 Å². The molecular formula is C29H27ClF5N7OS. The molecule has 2 aromatic carbocycles. The molecule has 0 saturated carbocycles. The zero-order valence-electron chi connectivity index (χ0n) is 23.3. The molecule has 232 valence electrons. The first-order valence-electron chi connectivity index (χ1n) is 14.4. The summed E-state index contributed by atoms with van der Waals surface area (Å²) >= 11 is 7.61. The van der Waals surface area contributed by atoms with Gasteiger partial charge < -0.3 is 15.4 Å². The summed E-state index contributed by atoms with van der Waals surface area (Å²) in [4.78, 5) is 16.6. The third kappa shape index (κ3) is 4.39. The number of aromatic nitrogens is 3. The average Bonchev–Trinajstić information content (AvgIpc) is 3.68. The van der Waals surface area contributed by atoms with Crippen molar-refractivity contribution >= 4 is 55.0 Å². The van der Waals surface area contributed by atoms with Crippen LogP contribution >= 0.6 is 22.9 Å². The lowest BCUT2D eigenvalue weighted by Gasteiger charge is -2.40. The lowest BCUT2D eigenvalue weighted by Crippen LogP contribution is -2.62. The highest BCUT2D eigenvalue weighted by atomic mass is 35.5. The number of nitrogens with two attached hydrogens (primary N) is 1. The van der Waals surface area contributed by atoms with Gasteiger partial charge in [-0.15, -0.1) is 0 Å². The normalized spacial score (nSPS) is 30.1. The van der Waals surface area contributed by atoms with E-state index in [0.717, 1.165) is 30.7 Å². The van der Waals surface area contributed by atoms with Gasteiger partial charge in [-0.2, -0.15) is 9.97 Å². The molecule has 3 N–H and O–H groups in total. The summed E-state index contributed by atoms with van der Waals surface area (Å²) in [6.07, 6.45) is 0.857. The van der Waals surface area contributed by atoms with Crippen molar-refractivity contribution in [3.05, 3.63) is 34.9 Å². The molecule has 8 nitrogen and oxygen atoms in total. The maximum atomic E-state index is 16.7. The van der Waals surface area contributed by atoms with Crippen molar-refractivity contribution in [3.8, 4) is 17.1 Å². The number of rotatable bonds is 5. The second-order valence-corrected chi connectivity index (χ2v) is 13.8. The van der Waals surface area contributed by atoms with Crippen LogP contribution in [0.4, 0.5) is 32.9 Å². The molecule has 4 aliphatic heterocycles. The van der Waals surface area contributed by atoms with Crippen LogP contribution in [0.5, 0.6) is 6.01 Å². The lowest BCUT2D eigenvalue weighted by molar-refractivity contribution is 0.0435. The molecule has 4 aliphatic rings. The Balaban J connectivity index is 1.28. The van der Waals surface area contributed by atoms with Crippen LogP contribution in [0.15, 0.2) is 18.2 Å². The van der Waals surface area contributed by atoms with Gasteiger partial charge in [0.15, 0.2) is 22.5 Å². The zero-order valence-corrected chi connectivity index (χ0v) is 24.9. The Kier molecular flexibility index (Phi) is 6.27. The van der Waals surface area contributed by atoms with E-state index >= 15 is 13.2 Å². The summed E-state index contributed by atoms with van der Waals surface area (Å²) in [5.41, 5.74) is 5.36. The molecule has 4 aromatic rings. The Labute approximate surface area is 257 Å². The molecule has 0 spiro atoms. The van der Waals surface area contributed by atoms with Gasteiger partial charge >= 0.3 is 6.01 Å². The van der Waals surface area contributed by atoms with Gasteiger partial charge in [0.1, 0.15) is 29.9 Å². The number of nitrogens with one attached hydrogen (secondary N) is 1. The van der Waals surface area contributed by atoms with E-state index in [1.807, 2.05) is 0 Å². The number of nitrogen functional groups attached to an aromatic ring is 1. The first-order chi connectivity index (χ1) is 20.9. The third-order valence-corrected chi connectivity index (χ3v) is 10.6. The lowest BCUT2D eigenvalue weighted by atomic mass is 9.95. The van der Waals surface area contributed by atoms with Crippen molar-refractivity contribution < 1.29 is 26.7 Å². The number of benzene rings is 2. The van der Waals surface area contributed by atoms with E-state index in [1.165, 1.54) is 23.1 Å². The first-order valence-corrected chi connectivity index (χ1v) is 15.6. The van der Waals surface area contributed by atoms with Crippen molar-refractivity contribution in [1.29, 1.82) is 0 Å². The minimum Gasteiger partial charge on any atom is -0.461 e. The van der Waals surface area contributed by atoms with Gasteiger partial charge in [-0.25, -0.2) is 32.3 Å². The predicted molar refractivity (Wildman–Crippen MR) is 158 cm³/mol. The molecule has 44 heavy (non-hydrogen) atoms. The first kappa shape index (κ1) is 28.4. The molecule has 4 saturated heterocycles. The van der Waals surface area contributed by atoms with Crippen LogP contribution in [0.25, 0.3) is 32.2 Å². The average molecular weight is 652 g/mol. The van der Waals surface area contributed by atoms with Gasteiger partial charge in [-0.3, -0.25) is 4.90 Å². The van der Waals surface area contributed by atoms with E-state index < -0.39 is 34.9 Å². The number of ether oxygens (including phenoxy) is 1. The summed E-state index contributed by atoms with van der Waals surface area (Å²) in [5, 5.41) is 2.60. The Bertz CT molecular complexity index is 1830. The molecule has 4 atom stereocenters. The molecule has 0 radical (unpaired) electrons. The molecule has 2 bridgehead atoms. The Hall–Kier alpha value is -3.07. The van der Waals surface area contributed by atoms with Gasteiger partial charge in [0.2, 0.25) is 0 Å². The number of hydrogen-bond donors (Lipinski definition) is 2. The third-order valence-electron chi connectivity index (χ3n) is 9.40. The maximum absolute atomic E-state index is 16.7. The van der Waals surface area contributed by atoms with Gasteiger partial charge in [0.25, 0.3) is 0 Å². The summed E-state index contributed by atoms with van der Waals surface area (Å²) in [6, 6.07) is 3.76. The second kappa shape index (κ2) is 9.71. The number of hydrogen-bond acceptors (Lipinski definition) is 9. The zero-order chi connectivity index (χ0) is 30.6. The quantitative estimate of drug-likeness (QED) is 0.203. The van der Waals surface area contributed by atoms with Crippen LogP contribution in [0.3, 0.4) is 0 Å². The van der Waals surface area contributed by atoms with Crippen LogP contribution in [0, 0.1) is 11.6 Å². The fourth-order valence-electron chi connectivity index (χ4n) is 7.52. The molecule has 8 rings (SSSR count). The fourth-order valence-corrected chi connectivity index (χ4v) is 8.58. The van der Waals surface area contributed by atoms with Crippen molar-refractivity contribution in [2.45, 2.75) is 55.4 Å². The second-order valence-electron chi connectivity index (χ2n) is 12.4. The van der Waals surface area contributed by atoms with Gasteiger partial charge in [0, 0.05) is 42.3 Å². The fraction of sp³-hybridized carbons (Fsp3) is 0.483. The molecule has 0 aliphatic carbocycles. The van der Waals surface area contributed by atoms with E-state index in [0.29, 0.717) is 13.0 Å². The van der Waals surface area contributed by atoms with E-state index in [2.05, 4.69) is 25.2 Å². The highest BCUT2D eigenvalue weighted by molar-refractivity contribution is 7.22. The number of piperazine rings is 1. The predicted octanol–water partition coefficient (Wildman–Crippen LogP) is 5.91. The summed E-state index contributed by atoms with van der Waals surface area (Å²) in [6.45, 7) is 0.634. The van der Waals surface area contributed by atoms with E-state index in [-0.39, 0.29) is 86.8 Å². The molecular weight excluding hydrogens is 625 g/mol. The van der Waals surface area contributed by atoms with Crippen LogP contribution in [-0.4, -0.2) is 75.9 Å². The standard InChI is InChI=1S/C29H27ClF5N7OS/c30-17-8-16-21(20(33)19(17)15-2-3-18(32)23-22(15)37-25(36)44-23)38-26(43-13-27-4-1-7-42(27)10-14(31)9-27)39-24(16)41-11-28(34)5-6-29(35,12-41)40-28/h2-3,8,14,40H,1,4-7,9-13H2,(H2,36,37)/t14-,27+,28?,29?/m1/s1. The smallest absolute Gasteiger partial charge is 0.319 e. The van der Waals surface area contributed by atoms with Crippen LogP contribution in [-0.2, 0) is 0 Å². The number of anilines is 2. The van der Waals surface area contributed by atoms with E-state index in [4.69, 9.17) is 22.1 Å². The SMILES string of the molecule is Nc1nc2c(-c3c(Cl)cc4c(N5CC6(F)CCC(F)(C5)N6)nc(OC[C@@]56CCCN5C[C@H](F)C6)nc4c3F)ccc(F)c2s1. The number of halogens is 6. The van der Waals surface area contributed by atoms with Crippen LogP contribution in [0.2, 0.25) is 5.02 Å². The monoisotopic (exact) mass is 651 g/mol. The van der Waals surface area contributed by atoms with Crippen molar-refractivity contribution in [2.24, 2.45) is 0 Å². The van der Waals surface area contributed by atoms with Crippen molar-refractivity contribution in [3.63, 3.8) is 0 Å². The van der Waals surface area contributed by atoms with E-state index in [9.17, 15) is 8.78 Å². The van der Waals surface area contributed by atoms with E-state index in [1.54, 1.807) is 0 Å². The van der Waals surface area contributed by atoms with Gasteiger partial charge in [-0.05, 0) is 37.6 Å². The number of fused-ring (bicyclic) bond motifs is 5. The van der Waals surface area contributed by atoms with Crippen LogP contribution in [0.1, 0.15) is 32.1 Å². The highest BCUT2D eigenvalue weighted by Crippen LogP contribution is 2.46. The van der Waals surface area contributed by atoms with Crippen molar-refractivity contribution in [2.75, 3.05) is 43.4 Å². The van der Waals surface area contributed by atoms with Crippen LogP contribution < -0.4 is 20.7 Å². The number of thiazole rings is 1. The van der Waals surface area contributed by atoms with Crippen molar-refractivity contribution in [1.82, 2.24) is 25.2 Å². The minimum absolute atomic E-state index is 0.0360. The maximum Gasteiger partial charge on any atom is 0.319 e. The number of alkyl halides is 3. The largest absolute Gasteiger partial charge is 0.461 e. The molecule has 2 aromatic heterocycles. The highest BCUT2D eigenvalue weighted by Gasteiger charge is 2.55. The summed E-state index contributed by atoms with van der Waals surface area (Å²) in [7, 11) is 0. The molecule has 6 heterocycles. The molecule has 4 fully saturated rings. The topological polar surface area (TPSA) is 92.4 Å². The van der Waals surface area contributed by atoms with Gasteiger partial charge in [0.05, 0.1) is 33.9 Å². The summed E-state index contributed by atoms with van der Waals surface area (Å²) < 4.78 is 83.0. The molecule has 0 amide bonds. The Morgan fingerprint density at radius 2 is 1.86 bits per heavy atom.